The van der Waals surface area contributed by atoms with Gasteiger partial charge in [0.15, 0.2) is 0 Å². The van der Waals surface area contributed by atoms with Crippen molar-refractivity contribution in [2.75, 3.05) is 11.4 Å². The van der Waals surface area contributed by atoms with E-state index in [0.717, 1.165) is 39.1 Å². The van der Waals surface area contributed by atoms with Crippen molar-refractivity contribution < 1.29 is 27.5 Å². The van der Waals surface area contributed by atoms with Crippen LogP contribution in [0, 0.1) is 6.92 Å². The van der Waals surface area contributed by atoms with E-state index < -0.39 is 24.1 Å². The fraction of sp³-hybridized carbons (Fsp3) is 0.190. The molecule has 2 aromatic carbocycles. The van der Waals surface area contributed by atoms with Gasteiger partial charge in [0.05, 0.1) is 11.2 Å². The number of halogens is 3. The predicted octanol–water partition coefficient (Wildman–Crippen LogP) is 4.41. The van der Waals surface area contributed by atoms with Crippen molar-refractivity contribution in [1.29, 1.82) is 0 Å². The highest BCUT2D eigenvalue weighted by Gasteiger charge is 2.37. The zero-order valence-electron chi connectivity index (χ0n) is 15.8. The first-order chi connectivity index (χ1) is 14.2. The molecule has 3 amide bonds. The van der Waals surface area contributed by atoms with Crippen LogP contribution < -0.4 is 9.64 Å². The Kier molecular flexibility index (Phi) is 4.81. The number of hydrogen-bond donors (Lipinski definition) is 0. The zero-order valence-corrected chi connectivity index (χ0v) is 15.8. The van der Waals surface area contributed by atoms with Gasteiger partial charge in [-0.25, -0.2) is 9.69 Å². The maximum absolute atomic E-state index is 12.8. The summed E-state index contributed by atoms with van der Waals surface area (Å²) < 4.78 is 40.7. The van der Waals surface area contributed by atoms with E-state index in [9.17, 15) is 22.8 Å². The minimum absolute atomic E-state index is 0.130. The van der Waals surface area contributed by atoms with Crippen LogP contribution in [-0.4, -0.2) is 34.7 Å². The zero-order chi connectivity index (χ0) is 21.5. The molecule has 1 aliphatic rings. The number of nitrogens with zero attached hydrogens (tertiary/aromatic N) is 3. The second-order valence-electron chi connectivity index (χ2n) is 6.90. The molecule has 0 radical (unpaired) electrons. The third kappa shape index (κ3) is 3.91. The lowest BCUT2D eigenvalue weighted by atomic mass is 10.1. The molecule has 1 saturated heterocycles. The summed E-state index contributed by atoms with van der Waals surface area (Å²) >= 11 is 0. The molecule has 6 nitrogen and oxygen atoms in total. The number of amides is 3. The molecule has 0 saturated carbocycles. The third-order valence-corrected chi connectivity index (χ3v) is 4.71. The summed E-state index contributed by atoms with van der Waals surface area (Å²) in [6, 6.07) is 11.7. The quantitative estimate of drug-likeness (QED) is 0.592. The summed E-state index contributed by atoms with van der Waals surface area (Å²) in [5.41, 5.74) is 2.86. The van der Waals surface area contributed by atoms with Crippen molar-refractivity contribution in [3.05, 3.63) is 65.9 Å². The molecule has 9 heteroatoms. The van der Waals surface area contributed by atoms with E-state index in [1.54, 1.807) is 12.3 Å². The second kappa shape index (κ2) is 7.33. The molecular formula is C21H16F3N3O3. The van der Waals surface area contributed by atoms with Gasteiger partial charge >= 0.3 is 12.4 Å². The summed E-state index contributed by atoms with van der Waals surface area (Å²) in [5, 5.41) is 0.893. The van der Waals surface area contributed by atoms with Crippen LogP contribution in [0.4, 0.5) is 23.7 Å². The van der Waals surface area contributed by atoms with E-state index in [4.69, 9.17) is 0 Å². The van der Waals surface area contributed by atoms with Gasteiger partial charge in [-0.15, -0.1) is 13.2 Å². The fourth-order valence-electron chi connectivity index (χ4n) is 3.39. The van der Waals surface area contributed by atoms with Crippen molar-refractivity contribution >= 4 is 28.5 Å². The van der Waals surface area contributed by atoms with Crippen molar-refractivity contribution in [3.63, 3.8) is 0 Å². The molecule has 154 valence electrons. The molecule has 1 aromatic heterocycles. The van der Waals surface area contributed by atoms with Gasteiger partial charge in [0.2, 0.25) is 0 Å². The van der Waals surface area contributed by atoms with Gasteiger partial charge < -0.3 is 9.64 Å². The Balaban J connectivity index is 1.56. The lowest BCUT2D eigenvalue weighted by molar-refractivity contribution is -0.274. The topological polar surface area (TPSA) is 62.7 Å². The fourth-order valence-corrected chi connectivity index (χ4v) is 3.39. The predicted molar refractivity (Wildman–Crippen MR) is 103 cm³/mol. The molecule has 4 rings (SSSR count). The molecule has 0 unspecified atom stereocenters. The number of urea groups is 1. The van der Waals surface area contributed by atoms with E-state index in [0.29, 0.717) is 0 Å². The van der Waals surface area contributed by atoms with Crippen LogP contribution in [0.3, 0.4) is 0 Å². The number of aromatic nitrogens is 1. The number of pyridine rings is 1. The Morgan fingerprint density at radius 2 is 1.80 bits per heavy atom. The van der Waals surface area contributed by atoms with E-state index in [-0.39, 0.29) is 18.8 Å². The van der Waals surface area contributed by atoms with Crippen LogP contribution in [0.15, 0.2) is 54.7 Å². The van der Waals surface area contributed by atoms with Gasteiger partial charge in [-0.2, -0.15) is 0 Å². The van der Waals surface area contributed by atoms with Gasteiger partial charge in [0.1, 0.15) is 12.3 Å². The summed E-state index contributed by atoms with van der Waals surface area (Å²) in [6.45, 7) is 2.03. The summed E-state index contributed by atoms with van der Waals surface area (Å²) in [5.74, 6) is -0.889. The molecule has 30 heavy (non-hydrogen) atoms. The van der Waals surface area contributed by atoms with Gasteiger partial charge in [-0.1, -0.05) is 11.6 Å². The number of aryl methyl sites for hydroxylation is 1. The van der Waals surface area contributed by atoms with Crippen LogP contribution >= 0.6 is 0 Å². The highest BCUT2D eigenvalue weighted by molar-refractivity contribution is 6.19. The van der Waals surface area contributed by atoms with Crippen LogP contribution in [0.5, 0.6) is 5.75 Å². The minimum atomic E-state index is -4.82. The molecule has 0 bridgehead atoms. The molecule has 0 spiro atoms. The number of anilines is 1. The highest BCUT2D eigenvalue weighted by Crippen LogP contribution is 2.28. The average molecular weight is 415 g/mol. The molecule has 1 fully saturated rings. The normalized spacial score (nSPS) is 14.7. The number of fused-ring (bicyclic) bond motifs is 1. The van der Waals surface area contributed by atoms with Crippen molar-refractivity contribution in [2.45, 2.75) is 19.8 Å². The summed E-state index contributed by atoms with van der Waals surface area (Å²) in [6.07, 6.45) is -3.17. The maximum atomic E-state index is 12.8. The first-order valence-corrected chi connectivity index (χ1v) is 9.03. The van der Waals surface area contributed by atoms with Crippen LogP contribution in [0.2, 0.25) is 0 Å². The lowest BCUT2D eigenvalue weighted by Gasteiger charge is -2.18. The number of hydrogen-bond acceptors (Lipinski definition) is 4. The van der Waals surface area contributed by atoms with Gasteiger partial charge in [0.25, 0.3) is 5.91 Å². The van der Waals surface area contributed by atoms with Crippen LogP contribution in [0.25, 0.3) is 10.9 Å². The second-order valence-corrected chi connectivity index (χ2v) is 6.90. The van der Waals surface area contributed by atoms with Crippen molar-refractivity contribution in [1.82, 2.24) is 9.88 Å². The molecule has 2 heterocycles. The Labute approximate surface area is 169 Å². The van der Waals surface area contributed by atoms with Crippen molar-refractivity contribution in [3.8, 4) is 5.75 Å². The smallest absolute Gasteiger partial charge is 0.406 e. The number of carbonyl (C=O) groups is 2. The van der Waals surface area contributed by atoms with Crippen molar-refractivity contribution in [2.24, 2.45) is 0 Å². The third-order valence-electron chi connectivity index (χ3n) is 4.71. The van der Waals surface area contributed by atoms with Crippen LogP contribution in [0.1, 0.15) is 11.1 Å². The standard InChI is InChI=1S/C21H16F3N3O3/c1-13-2-7-18-17(10-13)14(8-9-25-18)11-26-12-19(28)27(20(26)29)15-3-5-16(6-4-15)30-21(22,23)24/h2-10H,11-12H2,1H3. The lowest BCUT2D eigenvalue weighted by Crippen LogP contribution is -2.32. The SMILES string of the molecule is Cc1ccc2nccc(CN3CC(=O)N(c4ccc(OC(F)(F)F)cc4)C3=O)c2c1. The number of ether oxygens (including phenoxy) is 1. The van der Waals surface area contributed by atoms with Gasteiger partial charge in [-0.05, 0) is 55.0 Å². The molecule has 0 atom stereocenters. The number of alkyl halides is 3. The highest BCUT2D eigenvalue weighted by atomic mass is 19.4. The number of carbonyl (C=O) groups excluding carboxylic acids is 2. The molecular weight excluding hydrogens is 399 g/mol. The Morgan fingerprint density at radius 3 is 2.50 bits per heavy atom. The Hall–Kier alpha value is -3.62. The van der Waals surface area contributed by atoms with E-state index in [1.807, 2.05) is 25.1 Å². The molecule has 0 N–H and O–H groups in total. The van der Waals surface area contributed by atoms with E-state index in [2.05, 4.69) is 9.72 Å². The monoisotopic (exact) mass is 415 g/mol. The summed E-state index contributed by atoms with van der Waals surface area (Å²) in [4.78, 5) is 32.0. The number of benzene rings is 2. The van der Waals surface area contributed by atoms with E-state index in [1.165, 1.54) is 17.0 Å². The van der Waals surface area contributed by atoms with E-state index >= 15 is 0 Å². The summed E-state index contributed by atoms with van der Waals surface area (Å²) in [7, 11) is 0. The maximum Gasteiger partial charge on any atom is 0.573 e. The largest absolute Gasteiger partial charge is 0.573 e. The Morgan fingerprint density at radius 1 is 1.07 bits per heavy atom. The first kappa shape index (κ1) is 19.7. The van der Waals surface area contributed by atoms with Crippen LogP contribution in [-0.2, 0) is 11.3 Å². The molecule has 1 aliphatic heterocycles. The molecule has 3 aromatic rings. The minimum Gasteiger partial charge on any atom is -0.406 e. The number of imide groups is 1. The molecule has 0 aliphatic carbocycles. The number of rotatable bonds is 4. The Bertz CT molecular complexity index is 1130. The van der Waals surface area contributed by atoms with Gasteiger partial charge in [0, 0.05) is 18.1 Å². The first-order valence-electron chi connectivity index (χ1n) is 9.03. The van der Waals surface area contributed by atoms with Gasteiger partial charge in [-0.3, -0.25) is 9.78 Å². The average Bonchev–Trinajstić information content (AvgIpc) is 2.95.